The van der Waals surface area contributed by atoms with Gasteiger partial charge < -0.3 is 5.32 Å². The molecule has 0 bridgehead atoms. The number of thioether (sulfide) groups is 1. The molecule has 0 aliphatic rings. The van der Waals surface area contributed by atoms with Crippen LogP contribution in [0.3, 0.4) is 0 Å². The van der Waals surface area contributed by atoms with Crippen LogP contribution in [0.25, 0.3) is 0 Å². The lowest BCUT2D eigenvalue weighted by atomic mass is 10.2. The molecule has 0 spiro atoms. The van der Waals surface area contributed by atoms with Gasteiger partial charge in [-0.2, -0.15) is 5.26 Å². The minimum atomic E-state index is -0.0882. The Balaban J connectivity index is 2.48. The fraction of sp³-hybridized carbons (Fsp3) is 0.385. The number of nitrogens with one attached hydrogen (secondary N) is 1. The van der Waals surface area contributed by atoms with Gasteiger partial charge in [0, 0.05) is 17.6 Å². The average Bonchev–Trinajstić information content (AvgIpc) is 2.27. The van der Waals surface area contributed by atoms with Crippen molar-refractivity contribution in [3.05, 3.63) is 29.8 Å². The Kier molecular flexibility index (Phi) is 5.58. The van der Waals surface area contributed by atoms with Gasteiger partial charge in [0.1, 0.15) is 0 Å². The molecule has 0 aromatic heterocycles. The van der Waals surface area contributed by atoms with Crippen molar-refractivity contribution in [2.75, 3.05) is 5.75 Å². The van der Waals surface area contributed by atoms with Crippen molar-refractivity contribution in [3.8, 4) is 6.07 Å². The standard InChI is InChI=1S/C13H16N2OS/c1-10-3-5-13(6-4-10)17-9-12(7-8-14)15-11(2)16/h3-6,12H,7,9H2,1-2H3,(H,15,16). The summed E-state index contributed by atoms with van der Waals surface area (Å²) in [5.41, 5.74) is 1.23. The highest BCUT2D eigenvalue weighted by atomic mass is 32.2. The van der Waals surface area contributed by atoms with Gasteiger partial charge in [0.05, 0.1) is 18.5 Å². The van der Waals surface area contributed by atoms with Gasteiger partial charge in [-0.3, -0.25) is 4.79 Å². The average molecular weight is 248 g/mol. The second kappa shape index (κ2) is 6.97. The zero-order chi connectivity index (χ0) is 12.7. The second-order valence-electron chi connectivity index (χ2n) is 3.88. The first-order valence-corrected chi connectivity index (χ1v) is 6.44. The molecule has 0 saturated carbocycles. The number of rotatable bonds is 5. The zero-order valence-electron chi connectivity index (χ0n) is 10.1. The topological polar surface area (TPSA) is 52.9 Å². The lowest BCUT2D eigenvalue weighted by molar-refractivity contribution is -0.119. The van der Waals surface area contributed by atoms with Gasteiger partial charge in [-0.05, 0) is 19.1 Å². The minimum absolute atomic E-state index is 0.0798. The number of nitriles is 1. The van der Waals surface area contributed by atoms with E-state index in [4.69, 9.17) is 5.26 Å². The molecule has 1 rings (SSSR count). The van der Waals surface area contributed by atoms with Crippen molar-refractivity contribution in [2.24, 2.45) is 0 Å². The van der Waals surface area contributed by atoms with Gasteiger partial charge >= 0.3 is 0 Å². The van der Waals surface area contributed by atoms with E-state index in [1.807, 2.05) is 6.92 Å². The fourth-order valence-electron chi connectivity index (χ4n) is 1.38. The molecule has 0 heterocycles. The summed E-state index contributed by atoms with van der Waals surface area (Å²) in [6.07, 6.45) is 0.346. The number of carbonyl (C=O) groups is 1. The monoisotopic (exact) mass is 248 g/mol. The first kappa shape index (κ1) is 13.6. The van der Waals surface area contributed by atoms with E-state index >= 15 is 0 Å². The first-order chi connectivity index (χ1) is 8.11. The van der Waals surface area contributed by atoms with Crippen molar-refractivity contribution < 1.29 is 4.79 Å². The molecule has 90 valence electrons. The Morgan fingerprint density at radius 1 is 1.47 bits per heavy atom. The van der Waals surface area contributed by atoms with E-state index in [9.17, 15) is 4.79 Å². The predicted octanol–water partition coefficient (Wildman–Crippen LogP) is 2.51. The summed E-state index contributed by atoms with van der Waals surface area (Å²) < 4.78 is 0. The lowest BCUT2D eigenvalue weighted by Crippen LogP contribution is -2.34. The highest BCUT2D eigenvalue weighted by Crippen LogP contribution is 2.19. The quantitative estimate of drug-likeness (QED) is 0.815. The molecule has 0 aliphatic carbocycles. The fourth-order valence-corrected chi connectivity index (χ4v) is 2.30. The van der Waals surface area contributed by atoms with Gasteiger partial charge in [-0.15, -0.1) is 11.8 Å². The SMILES string of the molecule is CC(=O)NC(CC#N)CSc1ccc(C)cc1. The van der Waals surface area contributed by atoms with Crippen LogP contribution in [0.1, 0.15) is 18.9 Å². The molecule has 1 unspecified atom stereocenters. The molecule has 0 aliphatic heterocycles. The van der Waals surface area contributed by atoms with Gasteiger partial charge in [-0.1, -0.05) is 17.7 Å². The molecule has 1 atom stereocenters. The smallest absolute Gasteiger partial charge is 0.217 e. The van der Waals surface area contributed by atoms with Crippen molar-refractivity contribution in [3.63, 3.8) is 0 Å². The lowest BCUT2D eigenvalue weighted by Gasteiger charge is -2.14. The molecule has 1 aromatic carbocycles. The molecule has 1 aromatic rings. The van der Waals surface area contributed by atoms with Gasteiger partial charge in [-0.25, -0.2) is 0 Å². The van der Waals surface area contributed by atoms with E-state index in [1.165, 1.54) is 12.5 Å². The Morgan fingerprint density at radius 3 is 2.65 bits per heavy atom. The third-order valence-electron chi connectivity index (χ3n) is 2.22. The summed E-state index contributed by atoms with van der Waals surface area (Å²) in [4.78, 5) is 12.1. The minimum Gasteiger partial charge on any atom is -0.352 e. The molecular weight excluding hydrogens is 232 g/mol. The summed E-state index contributed by atoms with van der Waals surface area (Å²) in [5, 5.41) is 11.5. The first-order valence-electron chi connectivity index (χ1n) is 5.45. The highest BCUT2D eigenvalue weighted by molar-refractivity contribution is 7.99. The number of benzene rings is 1. The Labute approximate surface area is 106 Å². The van der Waals surface area contributed by atoms with Crippen LogP contribution in [0.4, 0.5) is 0 Å². The molecule has 0 fully saturated rings. The summed E-state index contributed by atoms with van der Waals surface area (Å²) in [6, 6.07) is 10.2. The summed E-state index contributed by atoms with van der Waals surface area (Å²) in [7, 11) is 0. The van der Waals surface area contributed by atoms with Crippen LogP contribution in [0.2, 0.25) is 0 Å². The second-order valence-corrected chi connectivity index (χ2v) is 4.98. The maximum absolute atomic E-state index is 11.0. The number of hydrogen-bond donors (Lipinski definition) is 1. The Bertz CT molecular complexity index is 408. The third-order valence-corrected chi connectivity index (χ3v) is 3.39. The largest absolute Gasteiger partial charge is 0.352 e. The van der Waals surface area contributed by atoms with Crippen LogP contribution in [-0.4, -0.2) is 17.7 Å². The van der Waals surface area contributed by atoms with Gasteiger partial charge in [0.2, 0.25) is 5.91 Å². The summed E-state index contributed by atoms with van der Waals surface area (Å²) in [5.74, 6) is 0.630. The number of carbonyl (C=O) groups excluding carboxylic acids is 1. The van der Waals surface area contributed by atoms with E-state index in [0.29, 0.717) is 6.42 Å². The molecule has 0 radical (unpaired) electrons. The molecule has 1 N–H and O–H groups in total. The van der Waals surface area contributed by atoms with Gasteiger partial charge in [0.15, 0.2) is 0 Å². The molecule has 0 saturated heterocycles. The van der Waals surface area contributed by atoms with E-state index in [0.717, 1.165) is 10.6 Å². The number of hydrogen-bond acceptors (Lipinski definition) is 3. The Hall–Kier alpha value is -1.47. The normalized spacial score (nSPS) is 11.6. The predicted molar refractivity (Wildman–Crippen MR) is 69.7 cm³/mol. The van der Waals surface area contributed by atoms with Crippen LogP contribution < -0.4 is 5.32 Å². The van der Waals surface area contributed by atoms with Crippen molar-refractivity contribution in [1.82, 2.24) is 5.32 Å². The number of aryl methyl sites for hydroxylation is 1. The number of amides is 1. The van der Waals surface area contributed by atoms with Gasteiger partial charge in [0.25, 0.3) is 0 Å². The van der Waals surface area contributed by atoms with E-state index < -0.39 is 0 Å². The van der Waals surface area contributed by atoms with Crippen LogP contribution in [0.5, 0.6) is 0 Å². The molecule has 1 amide bonds. The van der Waals surface area contributed by atoms with E-state index in [2.05, 4.69) is 35.7 Å². The third kappa shape index (κ3) is 5.41. The molecule has 17 heavy (non-hydrogen) atoms. The van der Waals surface area contributed by atoms with Crippen molar-refractivity contribution in [1.29, 1.82) is 5.26 Å². The van der Waals surface area contributed by atoms with E-state index in [1.54, 1.807) is 11.8 Å². The molecule has 4 heteroatoms. The Morgan fingerprint density at radius 2 is 2.12 bits per heavy atom. The highest BCUT2D eigenvalue weighted by Gasteiger charge is 2.09. The van der Waals surface area contributed by atoms with Crippen LogP contribution in [-0.2, 0) is 4.79 Å². The number of nitrogens with zero attached hydrogens (tertiary/aromatic N) is 1. The van der Waals surface area contributed by atoms with Crippen LogP contribution >= 0.6 is 11.8 Å². The zero-order valence-corrected chi connectivity index (χ0v) is 10.9. The van der Waals surface area contributed by atoms with Crippen molar-refractivity contribution in [2.45, 2.75) is 31.2 Å². The molecule has 3 nitrogen and oxygen atoms in total. The maximum atomic E-state index is 11.0. The van der Waals surface area contributed by atoms with E-state index in [-0.39, 0.29) is 11.9 Å². The summed E-state index contributed by atoms with van der Waals surface area (Å²) >= 11 is 1.65. The molecular formula is C13H16N2OS. The van der Waals surface area contributed by atoms with Crippen LogP contribution in [0, 0.1) is 18.3 Å². The summed E-state index contributed by atoms with van der Waals surface area (Å²) in [6.45, 7) is 3.52. The van der Waals surface area contributed by atoms with Crippen molar-refractivity contribution >= 4 is 17.7 Å². The van der Waals surface area contributed by atoms with Crippen LogP contribution in [0.15, 0.2) is 29.2 Å². The maximum Gasteiger partial charge on any atom is 0.217 e.